The van der Waals surface area contributed by atoms with Crippen molar-refractivity contribution in [1.29, 1.82) is 0 Å². The minimum atomic E-state index is -0.0476. The summed E-state index contributed by atoms with van der Waals surface area (Å²) < 4.78 is 0. The third-order valence-corrected chi connectivity index (χ3v) is 3.55. The van der Waals surface area contributed by atoms with Crippen LogP contribution in [0.25, 0.3) is 0 Å². The number of aliphatic hydroxyl groups excluding tert-OH is 1. The molecule has 1 amide bonds. The van der Waals surface area contributed by atoms with Gasteiger partial charge in [-0.2, -0.15) is 0 Å². The summed E-state index contributed by atoms with van der Waals surface area (Å²) in [5, 5.41) is 12.5. The number of carbonyl (C=O) groups is 1. The molecule has 106 valence electrons. The second-order valence-electron chi connectivity index (χ2n) is 6.59. The number of carbonyl (C=O) groups excluding carboxylic acids is 1. The van der Waals surface area contributed by atoms with Crippen LogP contribution >= 0.6 is 0 Å². The monoisotopic (exact) mass is 256 g/mol. The third-order valence-electron chi connectivity index (χ3n) is 3.55. The molecule has 4 heteroatoms. The van der Waals surface area contributed by atoms with Crippen molar-refractivity contribution < 1.29 is 9.90 Å². The lowest BCUT2D eigenvalue weighted by Gasteiger charge is -2.38. The first-order valence-electron chi connectivity index (χ1n) is 6.94. The van der Waals surface area contributed by atoms with Gasteiger partial charge in [-0.3, -0.25) is 4.79 Å². The quantitative estimate of drug-likeness (QED) is 0.781. The van der Waals surface area contributed by atoms with Crippen molar-refractivity contribution >= 4 is 5.91 Å². The summed E-state index contributed by atoms with van der Waals surface area (Å²) in [6.07, 6.45) is 1.53. The Hall–Kier alpha value is -0.610. The summed E-state index contributed by atoms with van der Waals surface area (Å²) in [5.74, 6) is 0.192. The van der Waals surface area contributed by atoms with Crippen LogP contribution in [0.4, 0.5) is 0 Å². The van der Waals surface area contributed by atoms with Crippen molar-refractivity contribution in [1.82, 2.24) is 10.2 Å². The molecule has 0 aromatic heterocycles. The van der Waals surface area contributed by atoms with Crippen LogP contribution < -0.4 is 5.32 Å². The van der Waals surface area contributed by atoms with Crippen molar-refractivity contribution in [3.05, 3.63) is 0 Å². The molecule has 1 rings (SSSR count). The Bertz CT molecular complexity index is 284. The number of rotatable bonds is 5. The van der Waals surface area contributed by atoms with E-state index in [9.17, 15) is 9.90 Å². The van der Waals surface area contributed by atoms with Crippen molar-refractivity contribution in [2.75, 3.05) is 13.2 Å². The molecule has 1 fully saturated rings. The van der Waals surface area contributed by atoms with Crippen molar-refractivity contribution in [3.63, 3.8) is 0 Å². The van der Waals surface area contributed by atoms with Crippen LogP contribution in [-0.4, -0.2) is 47.2 Å². The number of aliphatic hydroxyl groups is 1. The number of nitrogens with one attached hydrogen (secondary N) is 1. The minimum Gasteiger partial charge on any atom is -0.396 e. The van der Waals surface area contributed by atoms with Gasteiger partial charge in [-0.25, -0.2) is 0 Å². The van der Waals surface area contributed by atoms with Gasteiger partial charge in [0.05, 0.1) is 6.04 Å². The zero-order chi connectivity index (χ0) is 13.9. The second kappa shape index (κ2) is 6.02. The van der Waals surface area contributed by atoms with Crippen LogP contribution in [0.15, 0.2) is 0 Å². The summed E-state index contributed by atoms with van der Waals surface area (Å²) >= 11 is 0. The van der Waals surface area contributed by atoms with E-state index >= 15 is 0 Å². The smallest absolute Gasteiger partial charge is 0.240 e. The van der Waals surface area contributed by atoms with Crippen LogP contribution in [0.3, 0.4) is 0 Å². The predicted octanol–water partition coefficient (Wildman–Crippen LogP) is 1.38. The largest absolute Gasteiger partial charge is 0.396 e. The van der Waals surface area contributed by atoms with Crippen molar-refractivity contribution in [2.24, 2.45) is 5.41 Å². The molecular weight excluding hydrogens is 228 g/mol. The second-order valence-corrected chi connectivity index (χ2v) is 6.59. The normalized spacial score (nSPS) is 22.9. The fourth-order valence-electron chi connectivity index (χ4n) is 2.75. The molecule has 1 saturated heterocycles. The molecule has 0 radical (unpaired) electrons. The fourth-order valence-corrected chi connectivity index (χ4v) is 2.75. The maximum absolute atomic E-state index is 12.4. The summed E-state index contributed by atoms with van der Waals surface area (Å²) in [7, 11) is 0. The zero-order valence-corrected chi connectivity index (χ0v) is 12.4. The first-order valence-corrected chi connectivity index (χ1v) is 6.94. The van der Waals surface area contributed by atoms with Crippen LogP contribution in [0.2, 0.25) is 0 Å². The van der Waals surface area contributed by atoms with Gasteiger partial charge in [0.15, 0.2) is 0 Å². The van der Waals surface area contributed by atoms with Crippen LogP contribution in [0.1, 0.15) is 47.5 Å². The molecular formula is C14H28N2O2. The Morgan fingerprint density at radius 1 is 1.44 bits per heavy atom. The lowest BCUT2D eigenvalue weighted by molar-refractivity contribution is -0.134. The van der Waals surface area contributed by atoms with Crippen LogP contribution in [0, 0.1) is 5.41 Å². The summed E-state index contributed by atoms with van der Waals surface area (Å²) in [5.41, 5.74) is 0.00507. The lowest BCUT2D eigenvalue weighted by Crippen LogP contribution is -2.49. The van der Waals surface area contributed by atoms with Gasteiger partial charge in [0.25, 0.3) is 0 Å². The van der Waals surface area contributed by atoms with Crippen LogP contribution in [-0.2, 0) is 4.79 Å². The third kappa shape index (κ3) is 3.69. The summed E-state index contributed by atoms with van der Waals surface area (Å²) in [6.45, 7) is 11.4. The Labute approximate surface area is 111 Å². The summed E-state index contributed by atoms with van der Waals surface area (Å²) in [6, 6.07) is 0.396. The molecule has 1 aliphatic heterocycles. The molecule has 2 atom stereocenters. The molecule has 0 aliphatic carbocycles. The molecule has 0 saturated carbocycles. The topological polar surface area (TPSA) is 52.6 Å². The zero-order valence-electron chi connectivity index (χ0n) is 12.4. The molecule has 0 bridgehead atoms. The van der Waals surface area contributed by atoms with E-state index in [4.69, 9.17) is 0 Å². The van der Waals surface area contributed by atoms with Gasteiger partial charge in [-0.15, -0.1) is 0 Å². The van der Waals surface area contributed by atoms with E-state index in [1.807, 2.05) is 4.90 Å². The molecule has 0 aromatic carbocycles. The van der Waals surface area contributed by atoms with Gasteiger partial charge in [-0.1, -0.05) is 34.6 Å². The summed E-state index contributed by atoms with van der Waals surface area (Å²) in [4.78, 5) is 14.3. The Balaban J connectivity index is 2.74. The highest BCUT2D eigenvalue weighted by molar-refractivity contribution is 5.84. The van der Waals surface area contributed by atoms with E-state index in [2.05, 4.69) is 39.9 Å². The van der Waals surface area contributed by atoms with Crippen molar-refractivity contribution in [2.45, 2.75) is 65.6 Å². The molecule has 2 unspecified atom stereocenters. The number of hydrogen-bond acceptors (Lipinski definition) is 3. The standard InChI is InChI=1S/C14H28N2O2/c1-10(2)15-11-6-8-16(13(11)18)12(7-9-17)14(3,4)5/h10-12,15,17H,6-9H2,1-5H3. The van der Waals surface area contributed by atoms with Gasteiger partial charge in [0, 0.05) is 25.2 Å². The molecule has 1 aliphatic rings. The van der Waals surface area contributed by atoms with Gasteiger partial charge in [-0.05, 0) is 18.3 Å². The highest BCUT2D eigenvalue weighted by atomic mass is 16.3. The molecule has 1 heterocycles. The number of amides is 1. The van der Waals surface area contributed by atoms with E-state index in [1.54, 1.807) is 0 Å². The first-order chi connectivity index (χ1) is 8.27. The lowest BCUT2D eigenvalue weighted by atomic mass is 9.84. The molecule has 18 heavy (non-hydrogen) atoms. The van der Waals surface area contributed by atoms with E-state index < -0.39 is 0 Å². The Kier molecular flexibility index (Phi) is 5.17. The molecule has 0 aromatic rings. The molecule has 4 nitrogen and oxygen atoms in total. The van der Waals surface area contributed by atoms with Gasteiger partial charge in [0.1, 0.15) is 0 Å². The van der Waals surface area contributed by atoms with E-state index in [0.29, 0.717) is 12.5 Å². The van der Waals surface area contributed by atoms with Crippen molar-refractivity contribution in [3.8, 4) is 0 Å². The highest BCUT2D eigenvalue weighted by Crippen LogP contribution is 2.30. The highest BCUT2D eigenvalue weighted by Gasteiger charge is 2.40. The minimum absolute atomic E-state index is 0.00507. The number of hydrogen-bond donors (Lipinski definition) is 2. The predicted molar refractivity (Wildman–Crippen MR) is 73.3 cm³/mol. The Morgan fingerprint density at radius 2 is 2.06 bits per heavy atom. The molecule has 0 spiro atoms. The Morgan fingerprint density at radius 3 is 2.50 bits per heavy atom. The van der Waals surface area contributed by atoms with Crippen LogP contribution in [0.5, 0.6) is 0 Å². The number of nitrogens with zero attached hydrogens (tertiary/aromatic N) is 1. The van der Waals surface area contributed by atoms with Gasteiger partial charge >= 0.3 is 0 Å². The first kappa shape index (κ1) is 15.4. The number of likely N-dealkylation sites (tertiary alicyclic amines) is 1. The molecule has 2 N–H and O–H groups in total. The van der Waals surface area contributed by atoms with E-state index in [0.717, 1.165) is 13.0 Å². The van der Waals surface area contributed by atoms with E-state index in [1.165, 1.54) is 0 Å². The fraction of sp³-hybridized carbons (Fsp3) is 0.929. The average molecular weight is 256 g/mol. The maximum atomic E-state index is 12.4. The van der Waals surface area contributed by atoms with Gasteiger partial charge < -0.3 is 15.3 Å². The SMILES string of the molecule is CC(C)NC1CCN(C(CCO)C(C)(C)C)C1=O. The van der Waals surface area contributed by atoms with Gasteiger partial charge in [0.2, 0.25) is 5.91 Å². The average Bonchev–Trinajstić information content (AvgIpc) is 2.55. The maximum Gasteiger partial charge on any atom is 0.240 e. The van der Waals surface area contributed by atoms with E-state index in [-0.39, 0.29) is 30.0 Å².